The molecule has 0 aliphatic carbocycles. The second-order valence-electron chi connectivity index (χ2n) is 8.23. The summed E-state index contributed by atoms with van der Waals surface area (Å²) in [7, 11) is -4.30. The number of nitrogens with two attached hydrogens (primary N) is 1. The van der Waals surface area contributed by atoms with Crippen LogP contribution in [0.5, 0.6) is 0 Å². The van der Waals surface area contributed by atoms with E-state index in [2.05, 4.69) is 4.40 Å². The van der Waals surface area contributed by atoms with Gasteiger partial charge in [0.1, 0.15) is 23.2 Å². The van der Waals surface area contributed by atoms with Gasteiger partial charge < -0.3 is 10.3 Å². The number of rotatable bonds is 7. The Morgan fingerprint density at radius 1 is 0.892 bits per heavy atom. The van der Waals surface area contributed by atoms with Crippen LogP contribution in [0.3, 0.4) is 0 Å². The molecule has 0 saturated heterocycles. The fourth-order valence-electron chi connectivity index (χ4n) is 3.73. The van der Waals surface area contributed by atoms with Crippen molar-refractivity contribution in [2.75, 3.05) is 0 Å². The van der Waals surface area contributed by atoms with Gasteiger partial charge in [-0.1, -0.05) is 48.0 Å². The average molecular weight is 522 g/mol. The van der Waals surface area contributed by atoms with E-state index in [1.165, 1.54) is 24.3 Å². The lowest BCUT2D eigenvalue weighted by Crippen LogP contribution is -2.36. The van der Waals surface area contributed by atoms with Crippen LogP contribution < -0.4 is 11.2 Å². The van der Waals surface area contributed by atoms with Gasteiger partial charge in [-0.25, -0.2) is 8.78 Å². The molecule has 4 aromatic rings. The van der Waals surface area contributed by atoms with E-state index in [0.29, 0.717) is 5.56 Å². The molecule has 3 aromatic carbocycles. The number of carbonyl (C=O) groups is 2. The Morgan fingerprint density at radius 3 is 2.22 bits per heavy atom. The van der Waals surface area contributed by atoms with Crippen molar-refractivity contribution >= 4 is 21.7 Å². The van der Waals surface area contributed by atoms with E-state index in [1.54, 1.807) is 49.4 Å². The van der Waals surface area contributed by atoms with E-state index in [4.69, 9.17) is 5.73 Å². The summed E-state index contributed by atoms with van der Waals surface area (Å²) < 4.78 is 59.7. The Morgan fingerprint density at radius 2 is 1.57 bits per heavy atom. The molecule has 0 spiro atoms. The topological polar surface area (TPSA) is 112 Å². The molecule has 1 heterocycles. The van der Waals surface area contributed by atoms with Gasteiger partial charge in [0, 0.05) is 22.9 Å². The summed E-state index contributed by atoms with van der Waals surface area (Å²) in [4.78, 5) is 25.5. The predicted molar refractivity (Wildman–Crippen MR) is 132 cm³/mol. The number of aromatic nitrogens is 1. The lowest BCUT2D eigenvalue weighted by atomic mass is 10.0. The van der Waals surface area contributed by atoms with Crippen LogP contribution in [0.4, 0.5) is 8.78 Å². The van der Waals surface area contributed by atoms with E-state index in [-0.39, 0.29) is 15.9 Å². The van der Waals surface area contributed by atoms with Gasteiger partial charge in [-0.05, 0) is 49.4 Å². The highest BCUT2D eigenvalue weighted by Gasteiger charge is 2.26. The van der Waals surface area contributed by atoms with Crippen LogP contribution in [0.1, 0.15) is 33.1 Å². The zero-order chi connectivity index (χ0) is 26.7. The van der Waals surface area contributed by atoms with Crippen LogP contribution in [0.2, 0.25) is 0 Å². The smallest absolute Gasteiger partial charge is 0.284 e. The SMILES string of the molecule is Cc1ccc(S(=O)(=O)/N=c2\ccc(C(=O)c3ccccc3)cn2C(C(N)=O)c2cc(F)ccc2F)cc1. The fourth-order valence-corrected chi connectivity index (χ4v) is 4.72. The summed E-state index contributed by atoms with van der Waals surface area (Å²) >= 11 is 0. The number of aryl methyl sites for hydroxylation is 1. The molecule has 7 nitrogen and oxygen atoms in total. The summed E-state index contributed by atoms with van der Waals surface area (Å²) in [6, 6.07) is 17.4. The van der Waals surface area contributed by atoms with Crippen LogP contribution in [0, 0.1) is 18.6 Å². The first-order valence-corrected chi connectivity index (χ1v) is 12.4. The Bertz CT molecular complexity index is 1670. The number of benzene rings is 3. The Kier molecular flexibility index (Phi) is 7.12. The van der Waals surface area contributed by atoms with E-state index in [0.717, 1.165) is 34.5 Å². The molecule has 0 saturated carbocycles. The van der Waals surface area contributed by atoms with Crippen molar-refractivity contribution in [1.29, 1.82) is 0 Å². The first-order chi connectivity index (χ1) is 17.6. The molecular formula is C27H21F2N3O4S. The number of hydrogen-bond acceptors (Lipinski definition) is 4. The second kappa shape index (κ2) is 10.3. The summed E-state index contributed by atoms with van der Waals surface area (Å²) in [5.74, 6) is -3.37. The largest absolute Gasteiger partial charge is 0.368 e. The molecule has 1 unspecified atom stereocenters. The third-order valence-electron chi connectivity index (χ3n) is 5.59. The Labute approximate surface area is 211 Å². The van der Waals surface area contributed by atoms with Gasteiger partial charge >= 0.3 is 0 Å². The molecule has 0 aliphatic heterocycles. The molecule has 0 aliphatic rings. The van der Waals surface area contributed by atoms with Crippen molar-refractivity contribution in [3.05, 3.63) is 131 Å². The number of hydrogen-bond donors (Lipinski definition) is 1. The molecule has 0 fully saturated rings. The molecule has 37 heavy (non-hydrogen) atoms. The van der Waals surface area contributed by atoms with Gasteiger partial charge in [0.25, 0.3) is 10.0 Å². The Balaban J connectivity index is 1.98. The maximum atomic E-state index is 14.8. The van der Waals surface area contributed by atoms with Gasteiger partial charge in [0.05, 0.1) is 4.90 Å². The predicted octanol–water partition coefficient (Wildman–Crippen LogP) is 3.67. The lowest BCUT2D eigenvalue weighted by molar-refractivity contribution is -0.120. The van der Waals surface area contributed by atoms with Crippen LogP contribution in [-0.2, 0) is 14.8 Å². The molecule has 4 rings (SSSR count). The maximum absolute atomic E-state index is 14.8. The molecule has 2 N–H and O–H groups in total. The summed E-state index contributed by atoms with van der Waals surface area (Å²) in [6.45, 7) is 1.79. The zero-order valence-electron chi connectivity index (χ0n) is 19.5. The number of carbonyl (C=O) groups excluding carboxylic acids is 2. The molecule has 1 atom stereocenters. The molecule has 1 amide bonds. The van der Waals surface area contributed by atoms with Gasteiger partial charge in [0.2, 0.25) is 5.91 Å². The number of pyridine rings is 1. The highest BCUT2D eigenvalue weighted by Crippen LogP contribution is 2.23. The molecule has 1 aromatic heterocycles. The number of amides is 1. The lowest BCUT2D eigenvalue weighted by Gasteiger charge is -2.20. The molecule has 0 bridgehead atoms. The zero-order valence-corrected chi connectivity index (χ0v) is 20.3. The van der Waals surface area contributed by atoms with Crippen molar-refractivity contribution in [1.82, 2.24) is 4.57 Å². The average Bonchev–Trinajstić information content (AvgIpc) is 2.87. The highest BCUT2D eigenvalue weighted by molar-refractivity contribution is 7.90. The van der Waals surface area contributed by atoms with Gasteiger partial charge in [-0.15, -0.1) is 4.40 Å². The maximum Gasteiger partial charge on any atom is 0.284 e. The van der Waals surface area contributed by atoms with Crippen LogP contribution in [0.25, 0.3) is 0 Å². The Hall–Kier alpha value is -4.44. The van der Waals surface area contributed by atoms with Crippen molar-refractivity contribution in [3.63, 3.8) is 0 Å². The minimum Gasteiger partial charge on any atom is -0.368 e. The van der Waals surface area contributed by atoms with Crippen LogP contribution in [0.15, 0.2) is 100 Å². The summed E-state index contributed by atoms with van der Waals surface area (Å²) in [5, 5.41) is 0. The van der Waals surface area contributed by atoms with Crippen molar-refractivity contribution in [3.8, 4) is 0 Å². The van der Waals surface area contributed by atoms with Crippen molar-refractivity contribution in [2.45, 2.75) is 17.9 Å². The number of nitrogens with zero attached hydrogens (tertiary/aromatic N) is 2. The number of halogens is 2. The monoisotopic (exact) mass is 521 g/mol. The van der Waals surface area contributed by atoms with Gasteiger partial charge in [0.15, 0.2) is 5.78 Å². The standard InChI is InChI=1S/C27H21F2N3O4S/c1-17-7-11-21(12-8-17)37(35,36)31-24-14-9-19(26(33)18-5-3-2-4-6-18)16-32(24)25(27(30)34)22-15-20(28)10-13-23(22)29/h2-16,25H,1H3,(H2,30,34)/b31-24+. The minimum absolute atomic E-state index is 0.0425. The van der Waals surface area contributed by atoms with Crippen LogP contribution >= 0.6 is 0 Å². The third kappa shape index (κ3) is 5.54. The van der Waals surface area contributed by atoms with E-state index >= 15 is 0 Å². The first-order valence-electron chi connectivity index (χ1n) is 11.0. The number of sulfonamides is 1. The molecule has 188 valence electrons. The van der Waals surface area contributed by atoms with Gasteiger partial charge in [-0.2, -0.15) is 8.42 Å². The third-order valence-corrected chi connectivity index (χ3v) is 6.88. The number of ketones is 1. The second-order valence-corrected chi connectivity index (χ2v) is 9.83. The molecular weight excluding hydrogens is 500 g/mol. The van der Waals surface area contributed by atoms with E-state index < -0.39 is 45.0 Å². The normalized spacial score (nSPS) is 12.8. The van der Waals surface area contributed by atoms with E-state index in [9.17, 15) is 26.8 Å². The first kappa shape index (κ1) is 25.6. The van der Waals surface area contributed by atoms with E-state index in [1.807, 2.05) is 0 Å². The molecule has 0 radical (unpaired) electrons. The van der Waals surface area contributed by atoms with Gasteiger partial charge in [-0.3, -0.25) is 9.59 Å². The minimum atomic E-state index is -4.30. The quantitative estimate of drug-likeness (QED) is 0.374. The molecule has 10 heteroatoms. The van der Waals surface area contributed by atoms with Crippen molar-refractivity contribution in [2.24, 2.45) is 10.1 Å². The number of primary amides is 1. The fraction of sp³-hybridized carbons (Fsp3) is 0.0741. The summed E-state index contributed by atoms with van der Waals surface area (Å²) in [6.07, 6.45) is 1.15. The summed E-state index contributed by atoms with van der Waals surface area (Å²) in [5.41, 5.74) is 6.01. The van der Waals surface area contributed by atoms with Crippen LogP contribution in [-0.4, -0.2) is 24.7 Å². The highest BCUT2D eigenvalue weighted by atomic mass is 32.2. The van der Waals surface area contributed by atoms with Crippen molar-refractivity contribution < 1.29 is 26.8 Å².